The second-order valence-electron chi connectivity index (χ2n) is 8.35. The Balaban J connectivity index is 1.52. The van der Waals surface area contributed by atoms with Crippen LogP contribution in [0.5, 0.6) is 0 Å². The normalized spacial score (nSPS) is 19.8. The lowest BCUT2D eigenvalue weighted by atomic mass is 9.87. The quantitative estimate of drug-likeness (QED) is 0.707. The van der Waals surface area contributed by atoms with Crippen molar-refractivity contribution in [1.29, 1.82) is 0 Å². The van der Waals surface area contributed by atoms with Crippen LogP contribution in [0.3, 0.4) is 0 Å². The topological polar surface area (TPSA) is 53.6 Å². The molecule has 5 nitrogen and oxygen atoms in total. The molecule has 1 saturated heterocycles. The first kappa shape index (κ1) is 22.5. The summed E-state index contributed by atoms with van der Waals surface area (Å²) in [7, 11) is 0. The highest BCUT2D eigenvalue weighted by Gasteiger charge is 2.32. The Bertz CT molecular complexity index is 958. The largest absolute Gasteiger partial charge is 0.416 e. The summed E-state index contributed by atoms with van der Waals surface area (Å²) >= 11 is 0. The summed E-state index contributed by atoms with van der Waals surface area (Å²) in [6.45, 7) is 3.86. The number of morpholine rings is 1. The number of hydrogen-bond donors (Lipinski definition) is 2. The fourth-order valence-corrected chi connectivity index (χ4v) is 4.41. The van der Waals surface area contributed by atoms with Crippen molar-refractivity contribution in [3.63, 3.8) is 0 Å². The molecule has 1 aliphatic heterocycles. The summed E-state index contributed by atoms with van der Waals surface area (Å²) in [5.41, 5.74) is 2.55. The lowest BCUT2D eigenvalue weighted by Crippen LogP contribution is -2.41. The minimum Gasteiger partial charge on any atom is -0.378 e. The van der Waals surface area contributed by atoms with E-state index in [0.29, 0.717) is 37.7 Å². The lowest BCUT2D eigenvalue weighted by Gasteiger charge is -2.32. The second kappa shape index (κ2) is 9.40. The van der Waals surface area contributed by atoms with Crippen molar-refractivity contribution in [2.45, 2.75) is 44.4 Å². The molecule has 172 valence electrons. The van der Waals surface area contributed by atoms with E-state index in [0.717, 1.165) is 37.0 Å². The van der Waals surface area contributed by atoms with Crippen LogP contribution in [0, 0.1) is 0 Å². The van der Waals surface area contributed by atoms with Gasteiger partial charge < -0.3 is 20.3 Å². The first-order chi connectivity index (χ1) is 15.3. The monoisotopic (exact) mass is 447 g/mol. The van der Waals surface area contributed by atoms with Gasteiger partial charge in [-0.3, -0.25) is 4.79 Å². The highest BCUT2D eigenvalue weighted by Crippen LogP contribution is 2.36. The van der Waals surface area contributed by atoms with Gasteiger partial charge in [0.1, 0.15) is 6.04 Å². The van der Waals surface area contributed by atoms with Crippen molar-refractivity contribution in [2.75, 3.05) is 36.5 Å². The molecule has 2 atom stereocenters. The Morgan fingerprint density at radius 2 is 1.91 bits per heavy atom. The van der Waals surface area contributed by atoms with Crippen LogP contribution in [0.25, 0.3) is 0 Å². The third-order valence-electron chi connectivity index (χ3n) is 6.13. The van der Waals surface area contributed by atoms with E-state index in [9.17, 15) is 18.0 Å². The van der Waals surface area contributed by atoms with Crippen LogP contribution < -0.4 is 15.5 Å². The van der Waals surface area contributed by atoms with Crippen LogP contribution in [0.1, 0.15) is 42.5 Å². The van der Waals surface area contributed by atoms with Crippen LogP contribution in [-0.2, 0) is 22.1 Å². The first-order valence-corrected chi connectivity index (χ1v) is 11.0. The Labute approximate surface area is 185 Å². The number of amides is 1. The van der Waals surface area contributed by atoms with E-state index in [1.807, 2.05) is 23.1 Å². The molecule has 0 spiro atoms. The van der Waals surface area contributed by atoms with E-state index in [-0.39, 0.29) is 11.9 Å². The number of anilines is 2. The Kier molecular flexibility index (Phi) is 6.60. The number of ether oxygens (including phenoxy) is 1. The van der Waals surface area contributed by atoms with Crippen molar-refractivity contribution in [1.82, 2.24) is 5.32 Å². The van der Waals surface area contributed by atoms with Crippen LogP contribution in [0.2, 0.25) is 0 Å². The van der Waals surface area contributed by atoms with Crippen molar-refractivity contribution in [2.24, 2.45) is 0 Å². The summed E-state index contributed by atoms with van der Waals surface area (Å²) in [5, 5.41) is 6.12. The van der Waals surface area contributed by atoms with Gasteiger partial charge >= 0.3 is 6.18 Å². The predicted octanol–water partition coefficient (Wildman–Crippen LogP) is 4.54. The fourth-order valence-electron chi connectivity index (χ4n) is 4.41. The number of nitrogens with zero attached hydrogens (tertiary/aromatic N) is 1. The third-order valence-corrected chi connectivity index (χ3v) is 6.13. The average molecular weight is 448 g/mol. The number of alkyl halides is 3. The van der Waals surface area contributed by atoms with Gasteiger partial charge in [-0.15, -0.1) is 0 Å². The van der Waals surface area contributed by atoms with Gasteiger partial charge in [-0.2, -0.15) is 13.2 Å². The van der Waals surface area contributed by atoms with Crippen molar-refractivity contribution in [3.05, 3.63) is 59.2 Å². The Hall–Kier alpha value is -2.74. The number of halogens is 3. The lowest BCUT2D eigenvalue weighted by molar-refractivity contribution is -0.137. The first-order valence-electron chi connectivity index (χ1n) is 11.0. The molecule has 2 aliphatic rings. The van der Waals surface area contributed by atoms with E-state index < -0.39 is 17.8 Å². The standard InChI is InChI=1S/C24H28F3N3O2/c1-16(23(31)29-20-8-4-6-17-5-2-3-7-19(17)20)28-21-15-18(24(25,26)27)9-10-22(21)30-11-13-32-14-12-30/h2-3,5,7,9-10,15-16,20,28H,4,6,8,11-14H2,1H3,(H,29,31)/t16-,20+/m0/s1. The van der Waals surface area contributed by atoms with Crippen LogP contribution >= 0.6 is 0 Å². The Morgan fingerprint density at radius 3 is 2.66 bits per heavy atom. The maximum absolute atomic E-state index is 13.3. The molecule has 32 heavy (non-hydrogen) atoms. The highest BCUT2D eigenvalue weighted by molar-refractivity contribution is 5.86. The molecule has 0 unspecified atom stereocenters. The number of benzene rings is 2. The van der Waals surface area contributed by atoms with Gasteiger partial charge in [0, 0.05) is 13.1 Å². The van der Waals surface area contributed by atoms with E-state index in [1.165, 1.54) is 11.6 Å². The van der Waals surface area contributed by atoms with Crippen molar-refractivity contribution < 1.29 is 22.7 Å². The summed E-state index contributed by atoms with van der Waals surface area (Å²) < 4.78 is 45.4. The van der Waals surface area contributed by atoms with Crippen LogP contribution in [0.15, 0.2) is 42.5 Å². The third kappa shape index (κ3) is 5.01. The van der Waals surface area contributed by atoms with Gasteiger partial charge in [0.15, 0.2) is 0 Å². The van der Waals surface area contributed by atoms with Crippen molar-refractivity contribution >= 4 is 17.3 Å². The Morgan fingerprint density at radius 1 is 1.16 bits per heavy atom. The zero-order chi connectivity index (χ0) is 22.7. The molecular weight excluding hydrogens is 419 g/mol. The second-order valence-corrected chi connectivity index (χ2v) is 8.35. The van der Waals surface area contributed by atoms with Gasteiger partial charge in [0.25, 0.3) is 0 Å². The molecule has 4 rings (SSSR count). The summed E-state index contributed by atoms with van der Waals surface area (Å²) in [6, 6.07) is 10.9. The van der Waals surface area contributed by atoms with Crippen LogP contribution in [0.4, 0.5) is 24.5 Å². The van der Waals surface area contributed by atoms with Gasteiger partial charge in [-0.05, 0) is 55.5 Å². The summed E-state index contributed by atoms with van der Waals surface area (Å²) in [5.74, 6) is -0.239. The average Bonchev–Trinajstić information content (AvgIpc) is 2.79. The molecule has 1 amide bonds. The minimum absolute atomic E-state index is 0.0862. The van der Waals surface area contributed by atoms with Gasteiger partial charge in [-0.1, -0.05) is 24.3 Å². The van der Waals surface area contributed by atoms with E-state index in [1.54, 1.807) is 6.92 Å². The molecule has 2 N–H and O–H groups in total. The maximum Gasteiger partial charge on any atom is 0.416 e. The van der Waals surface area contributed by atoms with Gasteiger partial charge in [-0.25, -0.2) is 0 Å². The van der Waals surface area contributed by atoms with Crippen LogP contribution in [-0.4, -0.2) is 38.3 Å². The molecule has 1 fully saturated rings. The maximum atomic E-state index is 13.3. The van der Waals surface area contributed by atoms with Crippen molar-refractivity contribution in [3.8, 4) is 0 Å². The molecule has 1 aliphatic carbocycles. The SMILES string of the molecule is C[C@H](Nc1cc(C(F)(F)F)ccc1N1CCOCC1)C(=O)N[C@@H]1CCCc2ccccc21. The molecule has 2 aromatic carbocycles. The van der Waals surface area contributed by atoms with Gasteiger partial charge in [0.2, 0.25) is 5.91 Å². The number of aryl methyl sites for hydroxylation is 1. The number of rotatable bonds is 5. The van der Waals surface area contributed by atoms with E-state index in [4.69, 9.17) is 4.74 Å². The molecule has 2 aromatic rings. The fraction of sp³-hybridized carbons (Fsp3) is 0.458. The molecule has 0 saturated carbocycles. The number of hydrogen-bond acceptors (Lipinski definition) is 4. The smallest absolute Gasteiger partial charge is 0.378 e. The number of carbonyl (C=O) groups is 1. The molecule has 0 radical (unpaired) electrons. The highest BCUT2D eigenvalue weighted by atomic mass is 19.4. The zero-order valence-electron chi connectivity index (χ0n) is 18.0. The van der Waals surface area contributed by atoms with E-state index >= 15 is 0 Å². The zero-order valence-corrected chi connectivity index (χ0v) is 18.0. The predicted molar refractivity (Wildman–Crippen MR) is 118 cm³/mol. The number of carbonyl (C=O) groups excluding carboxylic acids is 1. The molecular formula is C24H28F3N3O2. The summed E-state index contributed by atoms with van der Waals surface area (Å²) in [4.78, 5) is 14.9. The molecule has 1 heterocycles. The minimum atomic E-state index is -4.46. The molecule has 8 heteroatoms. The number of nitrogens with one attached hydrogen (secondary N) is 2. The summed E-state index contributed by atoms with van der Waals surface area (Å²) in [6.07, 6.45) is -1.64. The molecule has 0 aromatic heterocycles. The number of fused-ring (bicyclic) bond motifs is 1. The van der Waals surface area contributed by atoms with E-state index in [2.05, 4.69) is 16.7 Å². The van der Waals surface area contributed by atoms with Gasteiger partial charge in [0.05, 0.1) is 36.2 Å². The molecule has 0 bridgehead atoms.